The number of carbonyl (C=O) groups excluding carboxylic acids is 6. The van der Waals surface area contributed by atoms with Gasteiger partial charge in [0.25, 0.3) is 0 Å². The molecule has 9 rings (SSSR count). The number of benzene rings is 6. The molecule has 0 radical (unpaired) electrons. The number of hydrogen-bond donors (Lipinski definition) is 0. The molecule has 3 aliphatic rings. The van der Waals surface area contributed by atoms with E-state index < -0.39 is 41.2 Å². The normalized spacial score (nSPS) is 14.4. The first-order chi connectivity index (χ1) is 25.7. The molecule has 2 heterocycles. The number of ether oxygens (including phenoxy) is 4. The van der Waals surface area contributed by atoms with Crippen LogP contribution in [0.4, 0.5) is 0 Å². The number of rotatable bonds is 6. The predicted octanol–water partition coefficient (Wildman–Crippen LogP) is 7.11. The Morgan fingerprint density at radius 1 is 0.415 bits per heavy atom. The number of cyclic esters (lactones) is 4. The molecule has 6 aromatic carbocycles. The summed E-state index contributed by atoms with van der Waals surface area (Å²) in [5, 5.41) is 0. The van der Waals surface area contributed by atoms with E-state index in [0.717, 1.165) is 33.4 Å². The van der Waals surface area contributed by atoms with E-state index in [0.29, 0.717) is 0 Å². The minimum absolute atomic E-state index is 0.00796. The summed E-state index contributed by atoms with van der Waals surface area (Å²) in [6, 6.07) is 38.6. The molecule has 1 aliphatic carbocycles. The van der Waals surface area contributed by atoms with Crippen LogP contribution >= 0.6 is 0 Å². The third-order valence-corrected chi connectivity index (χ3v) is 9.71. The molecule has 0 bridgehead atoms. The van der Waals surface area contributed by atoms with Crippen molar-refractivity contribution in [2.45, 2.75) is 5.41 Å². The first-order valence-electron chi connectivity index (χ1n) is 16.4. The molecule has 0 unspecified atom stereocenters. The van der Waals surface area contributed by atoms with Crippen molar-refractivity contribution in [1.29, 1.82) is 0 Å². The summed E-state index contributed by atoms with van der Waals surface area (Å²) in [4.78, 5) is 73.9. The van der Waals surface area contributed by atoms with Crippen molar-refractivity contribution in [1.82, 2.24) is 0 Å². The first kappa shape index (κ1) is 31.5. The fraction of sp³-hybridized carbons (Fsp3) is 0.0233. The van der Waals surface area contributed by atoms with Crippen LogP contribution in [0.15, 0.2) is 133 Å². The lowest BCUT2D eigenvalue weighted by Gasteiger charge is -2.34. The van der Waals surface area contributed by atoms with E-state index in [2.05, 4.69) is 33.7 Å². The fourth-order valence-electron chi connectivity index (χ4n) is 7.33. The SMILES string of the molecule is O=C(Oc1ccc(C2(c3ccc(OC(=O)c4ccc5c(c4)C(=O)OC5=O)cc3)c3ccccc3-c3ccccc32)cc1)c1ccc2c(c1)C(=O)OC2=O. The second-order valence-electron chi connectivity index (χ2n) is 12.5. The van der Waals surface area contributed by atoms with Gasteiger partial charge in [-0.25, -0.2) is 28.8 Å². The van der Waals surface area contributed by atoms with E-state index in [1.807, 2.05) is 48.5 Å². The van der Waals surface area contributed by atoms with Crippen LogP contribution in [0, 0.1) is 0 Å². The summed E-state index contributed by atoms with van der Waals surface area (Å²) in [6.45, 7) is 0. The zero-order valence-corrected chi connectivity index (χ0v) is 27.3. The van der Waals surface area contributed by atoms with Crippen molar-refractivity contribution in [2.24, 2.45) is 0 Å². The molecular formula is C43H22O10. The van der Waals surface area contributed by atoms with Crippen LogP contribution in [0.1, 0.15) is 84.4 Å². The fourth-order valence-corrected chi connectivity index (χ4v) is 7.33. The maximum absolute atomic E-state index is 13.1. The zero-order chi connectivity index (χ0) is 36.4. The van der Waals surface area contributed by atoms with Crippen LogP contribution in [0.5, 0.6) is 11.5 Å². The van der Waals surface area contributed by atoms with Gasteiger partial charge >= 0.3 is 35.8 Å². The highest BCUT2D eigenvalue weighted by molar-refractivity contribution is 6.16. The number of hydrogen-bond acceptors (Lipinski definition) is 10. The van der Waals surface area contributed by atoms with Crippen LogP contribution in [-0.4, -0.2) is 35.8 Å². The molecule has 0 atom stereocenters. The van der Waals surface area contributed by atoms with Gasteiger partial charge in [-0.3, -0.25) is 0 Å². The smallest absolute Gasteiger partial charge is 0.346 e. The van der Waals surface area contributed by atoms with Gasteiger partial charge in [0.15, 0.2) is 0 Å². The Bertz CT molecular complexity index is 2440. The van der Waals surface area contributed by atoms with Gasteiger partial charge in [0.2, 0.25) is 0 Å². The van der Waals surface area contributed by atoms with Crippen molar-refractivity contribution >= 4 is 35.8 Å². The summed E-state index contributed by atoms with van der Waals surface area (Å²) in [7, 11) is 0. The van der Waals surface area contributed by atoms with Gasteiger partial charge < -0.3 is 18.9 Å². The van der Waals surface area contributed by atoms with Gasteiger partial charge in [-0.15, -0.1) is 0 Å². The average molecular weight is 699 g/mol. The maximum atomic E-state index is 13.1. The number of esters is 6. The molecule has 10 nitrogen and oxygen atoms in total. The quantitative estimate of drug-likeness (QED) is 0.100. The van der Waals surface area contributed by atoms with Crippen LogP contribution < -0.4 is 9.47 Å². The Hall–Kier alpha value is -7.46. The Balaban J connectivity index is 1.06. The largest absolute Gasteiger partial charge is 0.423 e. The summed E-state index contributed by atoms with van der Waals surface area (Å²) in [5.74, 6) is -4.05. The number of carbonyl (C=O) groups is 6. The topological polar surface area (TPSA) is 139 Å². The van der Waals surface area contributed by atoms with E-state index in [4.69, 9.17) is 9.47 Å². The summed E-state index contributed by atoms with van der Waals surface area (Å²) in [6.07, 6.45) is 0. The Labute approximate surface area is 300 Å². The summed E-state index contributed by atoms with van der Waals surface area (Å²) < 4.78 is 20.6. The highest BCUT2D eigenvalue weighted by Crippen LogP contribution is 2.56. The van der Waals surface area contributed by atoms with Crippen LogP contribution in [-0.2, 0) is 14.9 Å². The van der Waals surface area contributed by atoms with E-state index in [-0.39, 0.29) is 44.9 Å². The van der Waals surface area contributed by atoms with Crippen molar-refractivity contribution in [3.63, 3.8) is 0 Å². The molecule has 0 fully saturated rings. The molecule has 0 aromatic heterocycles. The van der Waals surface area contributed by atoms with Crippen molar-refractivity contribution in [3.05, 3.63) is 189 Å². The van der Waals surface area contributed by atoms with Gasteiger partial charge in [0, 0.05) is 0 Å². The molecule has 0 spiro atoms. The monoisotopic (exact) mass is 698 g/mol. The molecule has 0 amide bonds. The van der Waals surface area contributed by atoms with E-state index in [1.165, 1.54) is 36.4 Å². The molecule has 254 valence electrons. The van der Waals surface area contributed by atoms with Gasteiger partial charge in [0.1, 0.15) is 11.5 Å². The third-order valence-electron chi connectivity index (χ3n) is 9.71. The highest BCUT2D eigenvalue weighted by Gasteiger charge is 2.46. The van der Waals surface area contributed by atoms with Gasteiger partial charge in [-0.2, -0.15) is 0 Å². The van der Waals surface area contributed by atoms with E-state index in [1.54, 1.807) is 24.3 Å². The lowest BCUT2D eigenvalue weighted by molar-refractivity contribution is 0.0425. The molecule has 2 aliphatic heterocycles. The van der Waals surface area contributed by atoms with E-state index >= 15 is 0 Å². The van der Waals surface area contributed by atoms with Gasteiger partial charge in [-0.1, -0.05) is 72.8 Å². The minimum atomic E-state index is -0.821. The average Bonchev–Trinajstić information content (AvgIpc) is 3.76. The lowest BCUT2D eigenvalue weighted by Crippen LogP contribution is -2.28. The van der Waals surface area contributed by atoms with Crippen molar-refractivity contribution < 1.29 is 47.7 Å². The van der Waals surface area contributed by atoms with Crippen molar-refractivity contribution in [3.8, 4) is 22.6 Å². The summed E-state index contributed by atoms with van der Waals surface area (Å²) in [5.41, 5.74) is 5.45. The lowest BCUT2D eigenvalue weighted by atomic mass is 9.68. The van der Waals surface area contributed by atoms with Gasteiger partial charge in [-0.05, 0) is 94.0 Å². The molecule has 10 heteroatoms. The molecule has 53 heavy (non-hydrogen) atoms. The maximum Gasteiger partial charge on any atom is 0.346 e. The summed E-state index contributed by atoms with van der Waals surface area (Å²) >= 11 is 0. The Kier molecular flexibility index (Phi) is 7.03. The first-order valence-corrected chi connectivity index (χ1v) is 16.4. The second-order valence-corrected chi connectivity index (χ2v) is 12.5. The van der Waals surface area contributed by atoms with Crippen LogP contribution in [0.3, 0.4) is 0 Å². The molecule has 0 saturated carbocycles. The molecule has 6 aromatic rings. The molecular weight excluding hydrogens is 676 g/mol. The third kappa shape index (κ3) is 4.88. The Morgan fingerprint density at radius 2 is 0.792 bits per heavy atom. The number of fused-ring (bicyclic) bond motifs is 5. The minimum Gasteiger partial charge on any atom is -0.423 e. The second kappa shape index (κ2) is 11.8. The van der Waals surface area contributed by atoms with Gasteiger partial charge in [0.05, 0.1) is 38.8 Å². The highest BCUT2D eigenvalue weighted by atomic mass is 16.6. The standard InChI is InChI=1S/C43H22O10/c44-37(23-9-19-31-33(21-23)41(48)52-39(31)46)50-27-15-11-25(12-16-27)43(35-7-3-1-5-29(35)30-6-2-4-8-36(30)43)26-13-17-28(18-14-26)51-38(45)24-10-20-32-34(22-24)42(49)53-40(32)47/h1-22H. The van der Waals surface area contributed by atoms with Crippen LogP contribution in [0.2, 0.25) is 0 Å². The molecule has 0 N–H and O–H groups in total. The zero-order valence-electron chi connectivity index (χ0n) is 27.3. The van der Waals surface area contributed by atoms with Crippen LogP contribution in [0.25, 0.3) is 11.1 Å². The Morgan fingerprint density at radius 3 is 1.21 bits per heavy atom. The van der Waals surface area contributed by atoms with Crippen molar-refractivity contribution in [2.75, 3.05) is 0 Å². The predicted molar refractivity (Wildman–Crippen MR) is 186 cm³/mol. The molecule has 0 saturated heterocycles. The van der Waals surface area contributed by atoms with E-state index in [9.17, 15) is 28.8 Å².